The molecule has 1 aliphatic heterocycles. The van der Waals surface area contributed by atoms with Crippen molar-refractivity contribution >= 4 is 17.0 Å². The number of H-pyrrole nitrogens is 1. The number of aromatic nitrogens is 4. The van der Waals surface area contributed by atoms with Gasteiger partial charge < -0.3 is 14.8 Å². The highest BCUT2D eigenvalue weighted by atomic mass is 16.5. The summed E-state index contributed by atoms with van der Waals surface area (Å²) >= 11 is 0. The predicted octanol–water partition coefficient (Wildman–Crippen LogP) is 4.94. The Bertz CT molecular complexity index is 1670. The van der Waals surface area contributed by atoms with Gasteiger partial charge in [-0.2, -0.15) is 0 Å². The summed E-state index contributed by atoms with van der Waals surface area (Å²) in [4.78, 5) is 30.0. The van der Waals surface area contributed by atoms with Crippen LogP contribution < -0.4 is 10.3 Å². The molecule has 0 saturated heterocycles. The fourth-order valence-electron chi connectivity index (χ4n) is 5.89. The number of carboxylic acids is 1. The number of ether oxygens (including phenoxy) is 1. The Kier molecular flexibility index (Phi) is 7.50. The van der Waals surface area contributed by atoms with Gasteiger partial charge in [0, 0.05) is 38.7 Å². The number of aromatic amines is 1. The van der Waals surface area contributed by atoms with Crippen LogP contribution >= 0.6 is 0 Å². The molecule has 5 rings (SSSR count). The minimum Gasteiger partial charge on any atom is -0.487 e. The molecule has 1 unspecified atom stereocenters. The number of carboxylic acid groups (broad SMARTS) is 1. The molecule has 0 bridgehead atoms. The number of rotatable bonds is 7. The van der Waals surface area contributed by atoms with Crippen LogP contribution in [0.1, 0.15) is 67.1 Å². The number of aliphatic carboxylic acids is 1. The van der Waals surface area contributed by atoms with Gasteiger partial charge >= 0.3 is 5.97 Å². The first-order chi connectivity index (χ1) is 19.4. The third-order valence-electron chi connectivity index (χ3n) is 8.56. The van der Waals surface area contributed by atoms with Crippen LogP contribution in [0, 0.1) is 25.2 Å². The summed E-state index contributed by atoms with van der Waals surface area (Å²) in [7, 11) is 1.85. The van der Waals surface area contributed by atoms with Crippen LogP contribution in [0.25, 0.3) is 11.0 Å². The molecular formula is C32H39N5O4. The lowest BCUT2D eigenvalue weighted by molar-refractivity contribution is -0.147. The summed E-state index contributed by atoms with van der Waals surface area (Å²) in [6.45, 7) is 13.8. The summed E-state index contributed by atoms with van der Waals surface area (Å²) in [5.41, 5.74) is 6.23. The average molecular weight is 558 g/mol. The van der Waals surface area contributed by atoms with E-state index in [4.69, 9.17) is 4.74 Å². The van der Waals surface area contributed by atoms with Crippen molar-refractivity contribution < 1.29 is 14.6 Å². The Morgan fingerprint density at radius 2 is 1.93 bits per heavy atom. The zero-order valence-electron chi connectivity index (χ0n) is 24.9. The number of nitrogens with zero attached hydrogens (tertiary/aromatic N) is 4. The Morgan fingerprint density at radius 3 is 2.63 bits per heavy atom. The van der Waals surface area contributed by atoms with Gasteiger partial charge in [0.25, 0.3) is 0 Å². The second kappa shape index (κ2) is 10.8. The van der Waals surface area contributed by atoms with E-state index in [1.807, 2.05) is 32.2 Å². The molecule has 0 amide bonds. The number of hydrogen-bond donors (Lipinski definition) is 2. The smallest absolute Gasteiger partial charge is 0.310 e. The first-order valence-electron chi connectivity index (χ1n) is 14.1. The van der Waals surface area contributed by atoms with E-state index in [1.165, 1.54) is 6.07 Å². The van der Waals surface area contributed by atoms with Gasteiger partial charge in [0.05, 0.1) is 16.6 Å². The molecule has 216 valence electrons. The molecule has 2 atom stereocenters. The van der Waals surface area contributed by atoms with Gasteiger partial charge in [-0.15, -0.1) is 5.10 Å². The highest BCUT2D eigenvalue weighted by Gasteiger charge is 2.40. The molecule has 2 N–H and O–H groups in total. The number of aryl methyl sites for hydroxylation is 3. The predicted molar refractivity (Wildman–Crippen MR) is 158 cm³/mol. The summed E-state index contributed by atoms with van der Waals surface area (Å²) in [5, 5.41) is 18.9. The summed E-state index contributed by atoms with van der Waals surface area (Å²) in [6.07, 6.45) is -0.0364. The molecular weight excluding hydrogens is 518 g/mol. The number of fused-ring (bicyclic) bond motifs is 2. The van der Waals surface area contributed by atoms with Crippen LogP contribution in [-0.4, -0.2) is 48.6 Å². The zero-order valence-corrected chi connectivity index (χ0v) is 24.9. The topological polar surface area (TPSA) is 113 Å². The maximum Gasteiger partial charge on any atom is 0.310 e. The lowest BCUT2D eigenvalue weighted by atomic mass is 9.69. The standard InChI is InChI=1S/C32H39N5O4/c1-18(2)27-17-37(16-24-26(41-27)12-13-28(38)33-24)15-22-14-21(9-8-19(22)3)29(32(5,6)31(39)40)23-10-11-25-30(20(23)4)34-35-36(25)7/h8-14,18,27,29H,15-17H2,1-7H3,(H,33,38)(H,39,40)/t27?,29-/m0/s1. The van der Waals surface area contributed by atoms with E-state index in [2.05, 4.69) is 53.1 Å². The third kappa shape index (κ3) is 5.38. The second-order valence-corrected chi connectivity index (χ2v) is 12.2. The zero-order chi connectivity index (χ0) is 29.6. The molecule has 0 saturated carbocycles. The van der Waals surface area contributed by atoms with E-state index in [-0.39, 0.29) is 17.6 Å². The Labute approximate surface area is 240 Å². The van der Waals surface area contributed by atoms with Gasteiger partial charge in [-0.3, -0.25) is 14.5 Å². The molecule has 2 aromatic heterocycles. The molecule has 0 aliphatic carbocycles. The monoisotopic (exact) mass is 557 g/mol. The second-order valence-electron chi connectivity index (χ2n) is 12.2. The highest BCUT2D eigenvalue weighted by Crippen LogP contribution is 2.44. The van der Waals surface area contributed by atoms with Crippen LogP contribution in [0.2, 0.25) is 0 Å². The van der Waals surface area contributed by atoms with Crippen molar-refractivity contribution in [1.29, 1.82) is 0 Å². The number of hydrogen-bond acceptors (Lipinski definition) is 6. The van der Waals surface area contributed by atoms with Crippen molar-refractivity contribution in [1.82, 2.24) is 24.9 Å². The van der Waals surface area contributed by atoms with Crippen molar-refractivity contribution in [3.8, 4) is 5.75 Å². The Morgan fingerprint density at radius 1 is 1.17 bits per heavy atom. The van der Waals surface area contributed by atoms with E-state index in [0.29, 0.717) is 19.6 Å². The largest absolute Gasteiger partial charge is 0.487 e. The Hall–Kier alpha value is -3.98. The van der Waals surface area contributed by atoms with Crippen LogP contribution in [-0.2, 0) is 24.9 Å². The highest BCUT2D eigenvalue weighted by molar-refractivity contribution is 5.81. The van der Waals surface area contributed by atoms with Crippen molar-refractivity contribution in [2.45, 2.75) is 66.7 Å². The number of benzene rings is 2. The van der Waals surface area contributed by atoms with E-state index >= 15 is 0 Å². The van der Waals surface area contributed by atoms with Gasteiger partial charge in [0.1, 0.15) is 17.4 Å². The number of nitrogens with one attached hydrogen (secondary N) is 1. The summed E-state index contributed by atoms with van der Waals surface area (Å²) in [6, 6.07) is 13.5. The van der Waals surface area contributed by atoms with Crippen molar-refractivity contribution in [3.63, 3.8) is 0 Å². The third-order valence-corrected chi connectivity index (χ3v) is 8.56. The Balaban J connectivity index is 1.57. The van der Waals surface area contributed by atoms with Gasteiger partial charge in [-0.25, -0.2) is 4.68 Å². The maximum absolute atomic E-state index is 12.7. The molecule has 0 radical (unpaired) electrons. The van der Waals surface area contributed by atoms with E-state index in [0.717, 1.165) is 50.3 Å². The van der Waals surface area contributed by atoms with Gasteiger partial charge in [0.15, 0.2) is 0 Å². The molecule has 0 spiro atoms. The lowest BCUT2D eigenvalue weighted by Crippen LogP contribution is -2.36. The lowest BCUT2D eigenvalue weighted by Gasteiger charge is -2.33. The van der Waals surface area contributed by atoms with Crippen LogP contribution in [0.4, 0.5) is 0 Å². The van der Waals surface area contributed by atoms with Crippen molar-refractivity contribution in [3.05, 3.63) is 86.3 Å². The molecule has 9 nitrogen and oxygen atoms in total. The normalized spacial score (nSPS) is 16.8. The number of pyridine rings is 1. The SMILES string of the molecule is Cc1ccc([C@@H](c2ccc3c(nnn3C)c2C)C(C)(C)C(=O)O)cc1CN1Cc2[nH]c(=O)ccc2OC(C(C)C)C1. The fraction of sp³-hybridized carbons (Fsp3) is 0.438. The van der Waals surface area contributed by atoms with E-state index in [9.17, 15) is 14.7 Å². The quantitative estimate of drug-likeness (QED) is 0.331. The van der Waals surface area contributed by atoms with E-state index < -0.39 is 17.3 Å². The molecule has 3 heterocycles. The molecule has 4 aromatic rings. The molecule has 1 aliphatic rings. The van der Waals surface area contributed by atoms with Crippen molar-refractivity contribution in [2.75, 3.05) is 6.54 Å². The number of carbonyl (C=O) groups is 1. The molecule has 9 heteroatoms. The first-order valence-corrected chi connectivity index (χ1v) is 14.1. The fourth-order valence-corrected chi connectivity index (χ4v) is 5.89. The maximum atomic E-state index is 12.7. The minimum atomic E-state index is -1.09. The van der Waals surface area contributed by atoms with Crippen LogP contribution in [0.3, 0.4) is 0 Å². The molecule has 41 heavy (non-hydrogen) atoms. The van der Waals surface area contributed by atoms with Crippen LogP contribution in [0.15, 0.2) is 47.3 Å². The first kappa shape index (κ1) is 28.5. The van der Waals surface area contributed by atoms with E-state index in [1.54, 1.807) is 24.6 Å². The summed E-state index contributed by atoms with van der Waals surface area (Å²) < 4.78 is 8.05. The molecule has 0 fully saturated rings. The van der Waals surface area contributed by atoms with Crippen LogP contribution in [0.5, 0.6) is 5.75 Å². The minimum absolute atomic E-state index is 0.0364. The average Bonchev–Trinajstić information content (AvgIpc) is 3.18. The van der Waals surface area contributed by atoms with Gasteiger partial charge in [-0.1, -0.05) is 43.3 Å². The van der Waals surface area contributed by atoms with Gasteiger partial charge in [-0.05, 0) is 73.6 Å². The van der Waals surface area contributed by atoms with Crippen molar-refractivity contribution in [2.24, 2.45) is 18.4 Å². The van der Waals surface area contributed by atoms with Gasteiger partial charge in [0.2, 0.25) is 5.56 Å². The molecule has 2 aromatic carbocycles. The summed E-state index contributed by atoms with van der Waals surface area (Å²) in [5.74, 6) is -0.288.